The minimum absolute atomic E-state index is 0.358. The maximum atomic E-state index is 5.84. The van der Waals surface area contributed by atoms with Gasteiger partial charge in [-0.25, -0.2) is 0 Å². The molecule has 2 aliphatic rings. The molecule has 1 aromatic carbocycles. The number of anilines is 1. The molecule has 1 aromatic rings. The second-order valence-electron chi connectivity index (χ2n) is 6.71. The van der Waals surface area contributed by atoms with Crippen LogP contribution < -0.4 is 5.32 Å². The smallest absolute Gasteiger partial charge is 0.0570 e. The van der Waals surface area contributed by atoms with Crippen molar-refractivity contribution in [3.05, 3.63) is 29.8 Å². The first-order valence-corrected chi connectivity index (χ1v) is 8.43. The van der Waals surface area contributed by atoms with Crippen LogP contribution in [0.2, 0.25) is 0 Å². The molecular weight excluding hydrogens is 260 g/mol. The third-order valence-corrected chi connectivity index (χ3v) is 4.67. The Hall–Kier alpha value is -1.06. The Morgan fingerprint density at radius 1 is 1.10 bits per heavy atom. The molecule has 3 nitrogen and oxygen atoms in total. The highest BCUT2D eigenvalue weighted by Gasteiger charge is 2.25. The van der Waals surface area contributed by atoms with Crippen LogP contribution in [0.1, 0.15) is 45.1 Å². The van der Waals surface area contributed by atoms with Gasteiger partial charge in [-0.3, -0.25) is 4.90 Å². The van der Waals surface area contributed by atoms with E-state index in [2.05, 4.69) is 48.3 Å². The molecule has 2 saturated heterocycles. The van der Waals surface area contributed by atoms with Gasteiger partial charge < -0.3 is 10.1 Å². The van der Waals surface area contributed by atoms with E-state index < -0.39 is 0 Å². The maximum absolute atomic E-state index is 5.84. The lowest BCUT2D eigenvalue weighted by molar-refractivity contribution is -0.0337. The summed E-state index contributed by atoms with van der Waals surface area (Å²) in [5, 5.41) is 3.78. The van der Waals surface area contributed by atoms with E-state index in [0.717, 1.165) is 19.4 Å². The number of benzene rings is 1. The topological polar surface area (TPSA) is 24.5 Å². The van der Waals surface area contributed by atoms with Crippen LogP contribution in [0, 0.1) is 0 Å². The zero-order valence-electron chi connectivity index (χ0n) is 13.3. The van der Waals surface area contributed by atoms with Crippen LogP contribution in [0.25, 0.3) is 0 Å². The average Bonchev–Trinajstić information content (AvgIpc) is 2.93. The third-order valence-electron chi connectivity index (χ3n) is 4.67. The molecule has 0 spiro atoms. The highest BCUT2D eigenvalue weighted by atomic mass is 16.5. The highest BCUT2D eigenvalue weighted by Crippen LogP contribution is 2.26. The summed E-state index contributed by atoms with van der Waals surface area (Å²) < 4.78 is 5.84. The zero-order valence-corrected chi connectivity index (χ0v) is 13.3. The number of para-hydroxylation sites is 1. The van der Waals surface area contributed by atoms with Crippen LogP contribution in [0.15, 0.2) is 24.3 Å². The Kier molecular flexibility index (Phi) is 4.81. The number of likely N-dealkylation sites (tertiary alicyclic amines) is 1. The van der Waals surface area contributed by atoms with Gasteiger partial charge in [0.1, 0.15) is 0 Å². The number of ether oxygens (including phenoxy) is 1. The second kappa shape index (κ2) is 6.80. The summed E-state index contributed by atoms with van der Waals surface area (Å²) in [4.78, 5) is 2.57. The van der Waals surface area contributed by atoms with Crippen LogP contribution in [0.5, 0.6) is 0 Å². The summed E-state index contributed by atoms with van der Waals surface area (Å²) in [5.74, 6) is 0. The molecule has 3 rings (SSSR count). The van der Waals surface area contributed by atoms with Gasteiger partial charge in [0.2, 0.25) is 0 Å². The zero-order chi connectivity index (χ0) is 14.7. The van der Waals surface area contributed by atoms with E-state index in [4.69, 9.17) is 4.74 Å². The largest absolute Gasteiger partial charge is 0.382 e. The first-order valence-electron chi connectivity index (χ1n) is 8.43. The van der Waals surface area contributed by atoms with Crippen LogP contribution in [-0.4, -0.2) is 36.2 Å². The SMILES string of the molecule is CC1CC(Nc2ccccc2CN2CCCC2)CC(C)O1. The van der Waals surface area contributed by atoms with Gasteiger partial charge in [-0.1, -0.05) is 18.2 Å². The molecule has 2 atom stereocenters. The summed E-state index contributed by atoms with van der Waals surface area (Å²) >= 11 is 0. The second-order valence-corrected chi connectivity index (χ2v) is 6.71. The van der Waals surface area contributed by atoms with E-state index in [1.54, 1.807) is 0 Å². The molecule has 0 aromatic heterocycles. The van der Waals surface area contributed by atoms with E-state index in [9.17, 15) is 0 Å². The highest BCUT2D eigenvalue weighted by molar-refractivity contribution is 5.51. The first kappa shape index (κ1) is 14.9. The van der Waals surface area contributed by atoms with Crippen molar-refractivity contribution >= 4 is 5.69 Å². The summed E-state index contributed by atoms with van der Waals surface area (Å²) in [6.45, 7) is 7.94. The lowest BCUT2D eigenvalue weighted by Gasteiger charge is -2.33. The Balaban J connectivity index is 1.66. The molecule has 0 amide bonds. The third kappa shape index (κ3) is 3.98. The number of hydrogen-bond donors (Lipinski definition) is 1. The quantitative estimate of drug-likeness (QED) is 0.915. The van der Waals surface area contributed by atoms with E-state index in [1.807, 2.05) is 0 Å². The Morgan fingerprint density at radius 3 is 2.48 bits per heavy atom. The van der Waals surface area contributed by atoms with Crippen molar-refractivity contribution in [2.45, 2.75) is 64.3 Å². The molecule has 2 unspecified atom stereocenters. The summed E-state index contributed by atoms with van der Waals surface area (Å²) in [5.41, 5.74) is 2.75. The van der Waals surface area contributed by atoms with E-state index >= 15 is 0 Å². The van der Waals surface area contributed by atoms with Gasteiger partial charge in [0, 0.05) is 18.3 Å². The Morgan fingerprint density at radius 2 is 1.76 bits per heavy atom. The molecule has 3 heteroatoms. The van der Waals surface area contributed by atoms with Crippen LogP contribution in [-0.2, 0) is 11.3 Å². The minimum atomic E-state index is 0.358. The number of nitrogens with one attached hydrogen (secondary N) is 1. The van der Waals surface area contributed by atoms with Crippen molar-refractivity contribution < 1.29 is 4.74 Å². The Bertz CT molecular complexity index is 446. The van der Waals surface area contributed by atoms with Crippen LogP contribution >= 0.6 is 0 Å². The molecule has 21 heavy (non-hydrogen) atoms. The molecule has 0 saturated carbocycles. The number of rotatable bonds is 4. The summed E-state index contributed by atoms with van der Waals surface area (Å²) in [6, 6.07) is 9.33. The fourth-order valence-electron chi connectivity index (χ4n) is 3.72. The first-order chi connectivity index (χ1) is 10.2. The van der Waals surface area contributed by atoms with E-state index in [1.165, 1.54) is 37.2 Å². The van der Waals surface area contributed by atoms with Crippen LogP contribution in [0.3, 0.4) is 0 Å². The molecule has 116 valence electrons. The summed E-state index contributed by atoms with van der Waals surface area (Å²) in [6.07, 6.45) is 5.62. The van der Waals surface area contributed by atoms with Gasteiger partial charge in [-0.05, 0) is 64.3 Å². The lowest BCUT2D eigenvalue weighted by Crippen LogP contribution is -2.37. The average molecular weight is 288 g/mol. The lowest BCUT2D eigenvalue weighted by atomic mass is 9.99. The van der Waals surface area contributed by atoms with Gasteiger partial charge in [0.25, 0.3) is 0 Å². The van der Waals surface area contributed by atoms with Gasteiger partial charge in [0.15, 0.2) is 0 Å². The predicted molar refractivity (Wildman–Crippen MR) is 87.6 cm³/mol. The van der Waals surface area contributed by atoms with Crippen molar-refractivity contribution in [3.63, 3.8) is 0 Å². The number of hydrogen-bond acceptors (Lipinski definition) is 3. The molecule has 2 aliphatic heterocycles. The van der Waals surface area contributed by atoms with Gasteiger partial charge in [-0.15, -0.1) is 0 Å². The molecule has 2 heterocycles. The van der Waals surface area contributed by atoms with Crippen LogP contribution in [0.4, 0.5) is 5.69 Å². The van der Waals surface area contributed by atoms with Gasteiger partial charge >= 0.3 is 0 Å². The predicted octanol–water partition coefficient (Wildman–Crippen LogP) is 3.65. The van der Waals surface area contributed by atoms with Crippen molar-refractivity contribution in [2.75, 3.05) is 18.4 Å². The molecule has 0 radical (unpaired) electrons. The standard InChI is InChI=1S/C18H28N2O/c1-14-11-17(12-15(2)21-14)19-18-8-4-3-7-16(18)13-20-9-5-6-10-20/h3-4,7-8,14-15,17,19H,5-6,9-13H2,1-2H3. The van der Waals surface area contributed by atoms with Gasteiger partial charge in [0.05, 0.1) is 12.2 Å². The summed E-state index contributed by atoms with van der Waals surface area (Å²) in [7, 11) is 0. The fraction of sp³-hybridized carbons (Fsp3) is 0.667. The normalized spacial score (nSPS) is 30.5. The van der Waals surface area contributed by atoms with E-state index in [-0.39, 0.29) is 0 Å². The monoisotopic (exact) mass is 288 g/mol. The van der Waals surface area contributed by atoms with E-state index in [0.29, 0.717) is 18.2 Å². The minimum Gasteiger partial charge on any atom is -0.382 e. The van der Waals surface area contributed by atoms with Crippen molar-refractivity contribution in [3.8, 4) is 0 Å². The van der Waals surface area contributed by atoms with Crippen molar-refractivity contribution in [1.82, 2.24) is 4.90 Å². The number of nitrogens with zero attached hydrogens (tertiary/aromatic N) is 1. The van der Waals surface area contributed by atoms with Crippen molar-refractivity contribution in [1.29, 1.82) is 0 Å². The fourth-order valence-corrected chi connectivity index (χ4v) is 3.72. The molecule has 2 fully saturated rings. The van der Waals surface area contributed by atoms with Crippen molar-refractivity contribution in [2.24, 2.45) is 0 Å². The maximum Gasteiger partial charge on any atom is 0.0570 e. The Labute approximate surface area is 128 Å². The molecule has 1 N–H and O–H groups in total. The molecule has 0 aliphatic carbocycles. The molecule has 0 bridgehead atoms. The van der Waals surface area contributed by atoms with Gasteiger partial charge in [-0.2, -0.15) is 0 Å². The molecular formula is C18H28N2O.